The number of rotatable bonds is 9. The summed E-state index contributed by atoms with van der Waals surface area (Å²) in [6.07, 6.45) is 11.7. The van der Waals surface area contributed by atoms with Gasteiger partial charge in [0, 0.05) is 0 Å². The first kappa shape index (κ1) is 13.5. The van der Waals surface area contributed by atoms with Gasteiger partial charge in [-0.1, -0.05) is 45.6 Å². The molecule has 1 heteroatoms. The molecule has 0 fully saturated rings. The van der Waals surface area contributed by atoms with Crippen molar-refractivity contribution in [1.29, 1.82) is 0 Å². The molecule has 84 valence electrons. The Morgan fingerprint density at radius 1 is 1.07 bits per heavy atom. The first-order valence-electron chi connectivity index (χ1n) is 6.07. The molecule has 0 heterocycles. The highest BCUT2D eigenvalue weighted by Gasteiger charge is 2.06. The van der Waals surface area contributed by atoms with Crippen LogP contribution in [0.4, 0.5) is 0 Å². The second-order valence-corrected chi connectivity index (χ2v) is 3.95. The zero-order valence-electron chi connectivity index (χ0n) is 10.1. The van der Waals surface area contributed by atoms with E-state index < -0.39 is 0 Å². The van der Waals surface area contributed by atoms with Gasteiger partial charge in [0.05, 0.1) is 12.9 Å². The smallest absolute Gasteiger partial charge is 0.0901 e. The van der Waals surface area contributed by atoms with E-state index in [4.69, 9.17) is 4.74 Å². The van der Waals surface area contributed by atoms with Gasteiger partial charge in [0.15, 0.2) is 0 Å². The molecule has 0 aliphatic rings. The van der Waals surface area contributed by atoms with E-state index in [-0.39, 0.29) is 0 Å². The Morgan fingerprint density at radius 3 is 2.43 bits per heavy atom. The van der Waals surface area contributed by atoms with Crippen molar-refractivity contribution >= 4 is 0 Å². The third kappa shape index (κ3) is 8.15. The van der Waals surface area contributed by atoms with Crippen LogP contribution in [-0.2, 0) is 4.74 Å². The topological polar surface area (TPSA) is 9.23 Å². The van der Waals surface area contributed by atoms with Crippen LogP contribution in [0.15, 0.2) is 12.3 Å². The molecule has 0 rings (SSSR count). The van der Waals surface area contributed by atoms with E-state index in [0.717, 1.165) is 12.5 Å². The predicted molar refractivity (Wildman–Crippen MR) is 63.3 cm³/mol. The summed E-state index contributed by atoms with van der Waals surface area (Å²) in [4.78, 5) is 0. The molecule has 1 unspecified atom stereocenters. The van der Waals surface area contributed by atoms with Gasteiger partial charge < -0.3 is 4.74 Å². The molecule has 0 bridgehead atoms. The van der Waals surface area contributed by atoms with Gasteiger partial charge in [0.1, 0.15) is 0 Å². The number of hydrogen-bond donors (Lipinski definition) is 0. The van der Waals surface area contributed by atoms with Gasteiger partial charge in [0.2, 0.25) is 0 Å². The summed E-state index contributed by atoms with van der Waals surface area (Å²) in [6.45, 7) is 7.40. The Labute approximate surface area is 89.5 Å². The van der Waals surface area contributed by atoms with E-state index in [2.05, 4.69) is 13.8 Å². The van der Waals surface area contributed by atoms with Gasteiger partial charge in [-0.3, -0.25) is 0 Å². The van der Waals surface area contributed by atoms with E-state index in [1.54, 1.807) is 0 Å². The Morgan fingerprint density at radius 2 is 1.86 bits per heavy atom. The van der Waals surface area contributed by atoms with Gasteiger partial charge >= 0.3 is 0 Å². The first-order valence-corrected chi connectivity index (χ1v) is 6.07. The molecule has 0 saturated heterocycles. The van der Waals surface area contributed by atoms with Crippen LogP contribution in [-0.4, -0.2) is 6.61 Å². The zero-order valence-corrected chi connectivity index (χ0v) is 10.1. The monoisotopic (exact) mass is 198 g/mol. The standard InChI is InChI=1S/C13H26O/c1-4-7-8-10-13(9-5-2)12-14-11-6-3/h6,11,13H,4-5,7-10,12H2,1-3H3/b11-6+. The molecule has 14 heavy (non-hydrogen) atoms. The lowest BCUT2D eigenvalue weighted by atomic mass is 9.97. The molecule has 0 aromatic carbocycles. The van der Waals surface area contributed by atoms with Crippen LogP contribution in [0.25, 0.3) is 0 Å². The van der Waals surface area contributed by atoms with Gasteiger partial charge in [-0.05, 0) is 25.7 Å². The highest BCUT2D eigenvalue weighted by Crippen LogP contribution is 2.16. The van der Waals surface area contributed by atoms with Crippen LogP contribution in [0, 0.1) is 5.92 Å². The molecule has 0 amide bonds. The lowest BCUT2D eigenvalue weighted by Crippen LogP contribution is -2.07. The van der Waals surface area contributed by atoms with Crippen molar-refractivity contribution in [2.45, 2.75) is 59.3 Å². The van der Waals surface area contributed by atoms with Crippen molar-refractivity contribution in [2.24, 2.45) is 5.92 Å². The largest absolute Gasteiger partial charge is 0.501 e. The Bertz CT molecular complexity index is 129. The van der Waals surface area contributed by atoms with Crippen LogP contribution < -0.4 is 0 Å². The molecule has 0 spiro atoms. The van der Waals surface area contributed by atoms with Gasteiger partial charge in [-0.2, -0.15) is 0 Å². The van der Waals surface area contributed by atoms with Crippen molar-refractivity contribution in [3.05, 3.63) is 12.3 Å². The molecule has 1 nitrogen and oxygen atoms in total. The number of allylic oxidation sites excluding steroid dienone is 1. The minimum atomic E-state index is 0.766. The van der Waals surface area contributed by atoms with Crippen molar-refractivity contribution in [3.63, 3.8) is 0 Å². The van der Waals surface area contributed by atoms with E-state index in [0.29, 0.717) is 0 Å². The second-order valence-electron chi connectivity index (χ2n) is 3.95. The number of ether oxygens (including phenoxy) is 1. The molecule has 0 radical (unpaired) electrons. The highest BCUT2D eigenvalue weighted by molar-refractivity contribution is 4.67. The maximum Gasteiger partial charge on any atom is 0.0901 e. The van der Waals surface area contributed by atoms with Crippen LogP contribution >= 0.6 is 0 Å². The lowest BCUT2D eigenvalue weighted by molar-refractivity contribution is 0.178. The van der Waals surface area contributed by atoms with Crippen molar-refractivity contribution in [2.75, 3.05) is 6.61 Å². The minimum absolute atomic E-state index is 0.766. The predicted octanol–water partition coefficient (Wildman–Crippen LogP) is 4.53. The third-order valence-corrected chi connectivity index (χ3v) is 2.48. The van der Waals surface area contributed by atoms with E-state index in [1.165, 1.54) is 38.5 Å². The molecule has 1 atom stereocenters. The van der Waals surface area contributed by atoms with E-state index in [1.807, 2.05) is 19.3 Å². The molecular formula is C13H26O. The average molecular weight is 198 g/mol. The summed E-state index contributed by atoms with van der Waals surface area (Å²) < 4.78 is 5.45. The fraction of sp³-hybridized carbons (Fsp3) is 0.846. The van der Waals surface area contributed by atoms with Crippen molar-refractivity contribution in [3.8, 4) is 0 Å². The molecular weight excluding hydrogens is 172 g/mol. The summed E-state index contributed by atoms with van der Waals surface area (Å²) in [7, 11) is 0. The Hall–Kier alpha value is -0.460. The van der Waals surface area contributed by atoms with Crippen LogP contribution in [0.1, 0.15) is 59.3 Å². The third-order valence-electron chi connectivity index (χ3n) is 2.48. The normalized spacial score (nSPS) is 13.4. The van der Waals surface area contributed by atoms with Gasteiger partial charge in [-0.25, -0.2) is 0 Å². The van der Waals surface area contributed by atoms with Crippen molar-refractivity contribution in [1.82, 2.24) is 0 Å². The first-order chi connectivity index (χ1) is 6.85. The summed E-state index contributed by atoms with van der Waals surface area (Å²) in [6, 6.07) is 0. The molecule has 0 saturated carbocycles. The molecule has 0 aromatic rings. The fourth-order valence-electron chi connectivity index (χ4n) is 1.69. The maximum atomic E-state index is 5.45. The molecule has 0 N–H and O–H groups in total. The van der Waals surface area contributed by atoms with Crippen LogP contribution in [0.5, 0.6) is 0 Å². The molecule has 0 aliphatic carbocycles. The summed E-state index contributed by atoms with van der Waals surface area (Å²) >= 11 is 0. The van der Waals surface area contributed by atoms with Crippen LogP contribution in [0.2, 0.25) is 0 Å². The highest BCUT2D eigenvalue weighted by atomic mass is 16.5. The Balaban J connectivity index is 3.54. The SMILES string of the molecule is C/C=C/OCC(CCC)CCCCC. The summed E-state index contributed by atoms with van der Waals surface area (Å²) in [5.74, 6) is 0.766. The quantitative estimate of drug-likeness (QED) is 0.390. The van der Waals surface area contributed by atoms with Crippen molar-refractivity contribution < 1.29 is 4.74 Å². The lowest BCUT2D eigenvalue weighted by Gasteiger charge is -2.14. The second kappa shape index (κ2) is 10.6. The molecule has 0 aromatic heterocycles. The zero-order chi connectivity index (χ0) is 10.6. The summed E-state index contributed by atoms with van der Waals surface area (Å²) in [5, 5.41) is 0. The van der Waals surface area contributed by atoms with E-state index in [9.17, 15) is 0 Å². The average Bonchev–Trinajstić information content (AvgIpc) is 2.18. The van der Waals surface area contributed by atoms with Gasteiger partial charge in [-0.15, -0.1) is 0 Å². The Kier molecular flexibility index (Phi) is 10.3. The number of hydrogen-bond acceptors (Lipinski definition) is 1. The minimum Gasteiger partial charge on any atom is -0.501 e. The maximum absolute atomic E-state index is 5.45. The van der Waals surface area contributed by atoms with Crippen LogP contribution in [0.3, 0.4) is 0 Å². The fourth-order valence-corrected chi connectivity index (χ4v) is 1.69. The molecule has 0 aliphatic heterocycles. The van der Waals surface area contributed by atoms with Gasteiger partial charge in [0.25, 0.3) is 0 Å². The van der Waals surface area contributed by atoms with E-state index >= 15 is 0 Å². The number of unbranched alkanes of at least 4 members (excludes halogenated alkanes) is 2. The summed E-state index contributed by atoms with van der Waals surface area (Å²) in [5.41, 5.74) is 0.